The lowest BCUT2D eigenvalue weighted by Gasteiger charge is -2.14. The zero-order valence-electron chi connectivity index (χ0n) is 10.1. The highest BCUT2D eigenvalue weighted by Gasteiger charge is 2.11. The summed E-state index contributed by atoms with van der Waals surface area (Å²) in [7, 11) is 0. The molecule has 17 heavy (non-hydrogen) atoms. The monoisotopic (exact) mass is 293 g/mol. The van der Waals surface area contributed by atoms with Crippen LogP contribution in [0.3, 0.4) is 0 Å². The van der Waals surface area contributed by atoms with Crippen LogP contribution in [-0.4, -0.2) is 11.9 Å². The molecule has 2 nitrogen and oxygen atoms in total. The Balaban J connectivity index is 2.76. The van der Waals surface area contributed by atoms with Crippen LogP contribution in [0.5, 0.6) is 0 Å². The highest BCUT2D eigenvalue weighted by atomic mass is 79.9. The van der Waals surface area contributed by atoms with Crippen LogP contribution < -0.4 is 5.32 Å². The number of terminal acetylenes is 1. The topological polar surface area (TPSA) is 29.1 Å². The molecule has 0 fully saturated rings. The van der Waals surface area contributed by atoms with Gasteiger partial charge in [-0.25, -0.2) is 0 Å². The summed E-state index contributed by atoms with van der Waals surface area (Å²) in [6.45, 7) is 3.97. The van der Waals surface area contributed by atoms with E-state index in [4.69, 9.17) is 6.42 Å². The van der Waals surface area contributed by atoms with Crippen LogP contribution in [0.2, 0.25) is 0 Å². The Morgan fingerprint density at radius 2 is 2.29 bits per heavy atom. The van der Waals surface area contributed by atoms with Gasteiger partial charge in [0, 0.05) is 22.5 Å². The van der Waals surface area contributed by atoms with Crippen LogP contribution in [0.1, 0.15) is 35.7 Å². The summed E-state index contributed by atoms with van der Waals surface area (Å²) in [5.41, 5.74) is 1.71. The van der Waals surface area contributed by atoms with Crippen molar-refractivity contribution in [1.29, 1.82) is 0 Å². The van der Waals surface area contributed by atoms with Crippen molar-refractivity contribution >= 4 is 21.8 Å². The van der Waals surface area contributed by atoms with E-state index in [1.165, 1.54) is 0 Å². The Hall–Kier alpha value is -1.27. The normalized spacial score (nSPS) is 11.6. The van der Waals surface area contributed by atoms with Crippen LogP contribution in [0.25, 0.3) is 0 Å². The summed E-state index contributed by atoms with van der Waals surface area (Å²) < 4.78 is 1.00. The lowest BCUT2D eigenvalue weighted by atomic mass is 10.1. The predicted octanol–water partition coefficient (Wildman–Crippen LogP) is 3.29. The van der Waals surface area contributed by atoms with Gasteiger partial charge in [0.05, 0.1) is 0 Å². The summed E-state index contributed by atoms with van der Waals surface area (Å²) in [5, 5.41) is 2.93. The molecule has 0 spiro atoms. The average molecular weight is 294 g/mol. The minimum atomic E-state index is -0.0669. The molecule has 1 unspecified atom stereocenters. The van der Waals surface area contributed by atoms with E-state index in [0.29, 0.717) is 12.0 Å². The molecule has 0 aliphatic rings. The quantitative estimate of drug-likeness (QED) is 0.848. The Bertz CT molecular complexity index is 448. The first kappa shape index (κ1) is 13.8. The second-order valence-corrected chi connectivity index (χ2v) is 4.81. The third-order valence-corrected chi connectivity index (χ3v) is 3.50. The number of benzene rings is 1. The number of aryl methyl sites for hydroxylation is 1. The van der Waals surface area contributed by atoms with Gasteiger partial charge in [0.25, 0.3) is 5.91 Å². The fourth-order valence-corrected chi connectivity index (χ4v) is 1.74. The first-order valence-corrected chi connectivity index (χ1v) is 6.38. The molecule has 0 aliphatic carbocycles. The van der Waals surface area contributed by atoms with E-state index < -0.39 is 0 Å². The molecular formula is C14H16BrNO. The Kier molecular flexibility index (Phi) is 5.24. The Morgan fingerprint density at radius 3 is 2.82 bits per heavy atom. The van der Waals surface area contributed by atoms with E-state index in [1.807, 2.05) is 26.0 Å². The molecule has 0 heterocycles. The van der Waals surface area contributed by atoms with E-state index in [9.17, 15) is 4.79 Å². The molecule has 1 aromatic carbocycles. The van der Waals surface area contributed by atoms with E-state index in [0.717, 1.165) is 16.5 Å². The largest absolute Gasteiger partial charge is 0.348 e. The zero-order valence-corrected chi connectivity index (χ0v) is 11.7. The van der Waals surface area contributed by atoms with Gasteiger partial charge in [-0.15, -0.1) is 12.3 Å². The van der Waals surface area contributed by atoms with Crippen molar-refractivity contribution in [2.24, 2.45) is 0 Å². The van der Waals surface area contributed by atoms with E-state index in [2.05, 4.69) is 27.2 Å². The lowest BCUT2D eigenvalue weighted by Crippen LogP contribution is -2.34. The highest BCUT2D eigenvalue weighted by Crippen LogP contribution is 2.17. The van der Waals surface area contributed by atoms with Gasteiger partial charge in [0.15, 0.2) is 0 Å². The van der Waals surface area contributed by atoms with Gasteiger partial charge >= 0.3 is 0 Å². The van der Waals surface area contributed by atoms with Crippen molar-refractivity contribution in [2.45, 2.75) is 32.7 Å². The Morgan fingerprint density at radius 1 is 1.59 bits per heavy atom. The first-order valence-electron chi connectivity index (χ1n) is 5.59. The van der Waals surface area contributed by atoms with Gasteiger partial charge in [-0.1, -0.05) is 22.9 Å². The molecule has 0 aromatic heterocycles. The maximum absolute atomic E-state index is 12.0. The molecule has 0 radical (unpaired) electrons. The van der Waals surface area contributed by atoms with E-state index in [1.54, 1.807) is 6.07 Å². The molecular weight excluding hydrogens is 278 g/mol. The maximum Gasteiger partial charge on any atom is 0.251 e. The number of carbonyl (C=O) groups excluding carboxylic acids is 1. The molecule has 0 aliphatic heterocycles. The third kappa shape index (κ3) is 3.90. The number of hydrogen-bond donors (Lipinski definition) is 1. The maximum atomic E-state index is 12.0. The van der Waals surface area contributed by atoms with Crippen molar-refractivity contribution in [3.8, 4) is 12.3 Å². The molecule has 90 valence electrons. The summed E-state index contributed by atoms with van der Waals surface area (Å²) in [4.78, 5) is 12.0. The van der Waals surface area contributed by atoms with Crippen LogP contribution in [-0.2, 0) is 0 Å². The van der Waals surface area contributed by atoms with Crippen molar-refractivity contribution in [2.75, 3.05) is 0 Å². The summed E-state index contributed by atoms with van der Waals surface area (Å²) in [5.74, 6) is 2.51. The molecule has 1 rings (SSSR count). The van der Waals surface area contributed by atoms with Gasteiger partial charge in [0.1, 0.15) is 0 Å². The van der Waals surface area contributed by atoms with Crippen molar-refractivity contribution in [1.82, 2.24) is 5.32 Å². The van der Waals surface area contributed by atoms with E-state index >= 15 is 0 Å². The number of amides is 1. The second kappa shape index (κ2) is 6.46. The molecule has 1 aromatic rings. The number of hydrogen-bond acceptors (Lipinski definition) is 1. The lowest BCUT2D eigenvalue weighted by molar-refractivity contribution is 0.0936. The van der Waals surface area contributed by atoms with Crippen LogP contribution >= 0.6 is 15.9 Å². The molecule has 3 heteroatoms. The van der Waals surface area contributed by atoms with Crippen molar-refractivity contribution in [3.05, 3.63) is 33.8 Å². The van der Waals surface area contributed by atoms with Crippen LogP contribution in [0.15, 0.2) is 22.7 Å². The predicted molar refractivity (Wildman–Crippen MR) is 73.9 cm³/mol. The van der Waals surface area contributed by atoms with E-state index in [-0.39, 0.29) is 11.9 Å². The molecule has 0 saturated heterocycles. The third-order valence-electron chi connectivity index (χ3n) is 2.61. The zero-order chi connectivity index (χ0) is 12.8. The summed E-state index contributed by atoms with van der Waals surface area (Å²) in [6.07, 6.45) is 6.66. The second-order valence-electron chi connectivity index (χ2n) is 3.95. The van der Waals surface area contributed by atoms with Gasteiger partial charge < -0.3 is 5.32 Å². The van der Waals surface area contributed by atoms with Crippen LogP contribution in [0.4, 0.5) is 0 Å². The summed E-state index contributed by atoms with van der Waals surface area (Å²) >= 11 is 3.41. The Labute approximate surface area is 111 Å². The number of halogens is 1. The minimum Gasteiger partial charge on any atom is -0.348 e. The van der Waals surface area contributed by atoms with Crippen molar-refractivity contribution in [3.63, 3.8) is 0 Å². The fraction of sp³-hybridized carbons (Fsp3) is 0.357. The standard InChI is InChI=1S/C14H16BrNO/c1-4-6-12(5-2)16-14(17)11-7-8-13(15)10(3)9-11/h1,7-9,12H,5-6H2,2-3H3,(H,16,17). The van der Waals surface area contributed by atoms with Crippen molar-refractivity contribution < 1.29 is 4.79 Å². The number of nitrogens with one attached hydrogen (secondary N) is 1. The smallest absolute Gasteiger partial charge is 0.251 e. The fourth-order valence-electron chi connectivity index (χ4n) is 1.49. The number of rotatable bonds is 4. The average Bonchev–Trinajstić information content (AvgIpc) is 2.31. The first-order chi connectivity index (χ1) is 8.08. The molecule has 0 bridgehead atoms. The minimum absolute atomic E-state index is 0.0523. The molecule has 1 N–H and O–H groups in total. The van der Waals surface area contributed by atoms with Gasteiger partial charge in [-0.2, -0.15) is 0 Å². The molecule has 0 saturated carbocycles. The molecule has 1 amide bonds. The van der Waals surface area contributed by atoms with Gasteiger partial charge in [-0.3, -0.25) is 4.79 Å². The SMILES string of the molecule is C#CCC(CC)NC(=O)c1ccc(Br)c(C)c1. The summed E-state index contributed by atoms with van der Waals surface area (Å²) in [6, 6.07) is 5.60. The van der Waals surface area contributed by atoms with Gasteiger partial charge in [0.2, 0.25) is 0 Å². The number of carbonyl (C=O) groups is 1. The molecule has 1 atom stereocenters. The van der Waals surface area contributed by atoms with Gasteiger partial charge in [-0.05, 0) is 37.1 Å². The van der Waals surface area contributed by atoms with Crippen LogP contribution in [0, 0.1) is 19.3 Å². The highest BCUT2D eigenvalue weighted by molar-refractivity contribution is 9.10.